The van der Waals surface area contributed by atoms with E-state index in [1.54, 1.807) is 0 Å². The topological polar surface area (TPSA) is 24.5 Å². The van der Waals surface area contributed by atoms with Crippen molar-refractivity contribution in [3.05, 3.63) is 30.3 Å². The second-order valence-electron chi connectivity index (χ2n) is 5.52. The van der Waals surface area contributed by atoms with Gasteiger partial charge < -0.3 is 15.0 Å². The Morgan fingerprint density at radius 1 is 1.15 bits per heavy atom. The summed E-state index contributed by atoms with van der Waals surface area (Å²) in [6.07, 6.45) is 4.72. The molecule has 1 saturated heterocycles. The standard InChI is InChI=1S/C17H28N2O/c1-2-14-20-15-6-11-18-16-9-12-19(13-10-16)17-7-4-3-5-8-17/h3-5,7-8,16,18H,2,6,9-15H2,1H3. The lowest BCUT2D eigenvalue weighted by Crippen LogP contribution is -2.43. The minimum Gasteiger partial charge on any atom is -0.381 e. The molecule has 0 unspecified atom stereocenters. The molecule has 1 heterocycles. The maximum atomic E-state index is 5.50. The minimum atomic E-state index is 0.682. The number of nitrogens with one attached hydrogen (secondary N) is 1. The lowest BCUT2D eigenvalue weighted by molar-refractivity contribution is 0.131. The van der Waals surface area contributed by atoms with Gasteiger partial charge in [-0.25, -0.2) is 0 Å². The molecule has 0 aromatic heterocycles. The summed E-state index contributed by atoms with van der Waals surface area (Å²) >= 11 is 0. The van der Waals surface area contributed by atoms with Gasteiger partial charge in [-0.2, -0.15) is 0 Å². The summed E-state index contributed by atoms with van der Waals surface area (Å²) in [6, 6.07) is 11.4. The first-order valence-electron chi connectivity index (χ1n) is 8.01. The summed E-state index contributed by atoms with van der Waals surface area (Å²) in [7, 11) is 0. The third kappa shape index (κ3) is 5.14. The van der Waals surface area contributed by atoms with E-state index in [-0.39, 0.29) is 0 Å². The molecular weight excluding hydrogens is 248 g/mol. The van der Waals surface area contributed by atoms with Crippen LogP contribution in [-0.2, 0) is 4.74 Å². The Balaban J connectivity index is 1.58. The average molecular weight is 276 g/mol. The van der Waals surface area contributed by atoms with Crippen molar-refractivity contribution < 1.29 is 4.74 Å². The van der Waals surface area contributed by atoms with Crippen molar-refractivity contribution >= 4 is 5.69 Å². The third-order valence-electron chi connectivity index (χ3n) is 3.86. The quantitative estimate of drug-likeness (QED) is 0.739. The van der Waals surface area contributed by atoms with Crippen LogP contribution < -0.4 is 10.2 Å². The van der Waals surface area contributed by atoms with Crippen molar-refractivity contribution in [3.8, 4) is 0 Å². The molecule has 1 aliphatic heterocycles. The van der Waals surface area contributed by atoms with E-state index in [2.05, 4.69) is 47.5 Å². The average Bonchev–Trinajstić information content (AvgIpc) is 2.52. The summed E-state index contributed by atoms with van der Waals surface area (Å²) < 4.78 is 5.50. The molecule has 0 amide bonds. The number of benzene rings is 1. The summed E-state index contributed by atoms with van der Waals surface area (Å²) in [4.78, 5) is 2.49. The van der Waals surface area contributed by atoms with Gasteiger partial charge in [-0.1, -0.05) is 25.1 Å². The molecule has 3 heteroatoms. The highest BCUT2D eigenvalue weighted by Crippen LogP contribution is 2.19. The number of hydrogen-bond donors (Lipinski definition) is 1. The third-order valence-corrected chi connectivity index (χ3v) is 3.86. The summed E-state index contributed by atoms with van der Waals surface area (Å²) in [5.41, 5.74) is 1.36. The lowest BCUT2D eigenvalue weighted by atomic mass is 10.0. The molecule has 1 aromatic rings. The zero-order valence-corrected chi connectivity index (χ0v) is 12.7. The molecule has 0 aliphatic carbocycles. The Morgan fingerprint density at radius 2 is 1.90 bits per heavy atom. The van der Waals surface area contributed by atoms with Crippen molar-refractivity contribution in [2.45, 2.75) is 38.6 Å². The zero-order chi connectivity index (χ0) is 14.0. The molecule has 1 N–H and O–H groups in total. The molecule has 0 atom stereocenters. The van der Waals surface area contributed by atoms with E-state index in [0.717, 1.165) is 45.7 Å². The van der Waals surface area contributed by atoms with Crippen LogP contribution in [0.2, 0.25) is 0 Å². The van der Waals surface area contributed by atoms with Crippen molar-refractivity contribution in [2.75, 3.05) is 37.7 Å². The van der Waals surface area contributed by atoms with E-state index < -0.39 is 0 Å². The zero-order valence-electron chi connectivity index (χ0n) is 12.7. The van der Waals surface area contributed by atoms with Crippen molar-refractivity contribution in [1.82, 2.24) is 5.32 Å². The van der Waals surface area contributed by atoms with Gasteiger partial charge >= 0.3 is 0 Å². The predicted molar refractivity (Wildman–Crippen MR) is 85.4 cm³/mol. The molecule has 2 rings (SSSR count). The Kier molecular flexibility index (Phi) is 6.89. The maximum absolute atomic E-state index is 5.50. The fourth-order valence-corrected chi connectivity index (χ4v) is 2.71. The second kappa shape index (κ2) is 8.98. The lowest BCUT2D eigenvalue weighted by Gasteiger charge is -2.34. The molecule has 1 aliphatic rings. The van der Waals surface area contributed by atoms with Gasteiger partial charge in [0.2, 0.25) is 0 Å². The molecule has 0 bridgehead atoms. The molecule has 1 aromatic carbocycles. The molecule has 0 spiro atoms. The Morgan fingerprint density at radius 3 is 2.60 bits per heavy atom. The summed E-state index contributed by atoms with van der Waals surface area (Å²) in [6.45, 7) is 7.35. The van der Waals surface area contributed by atoms with Crippen molar-refractivity contribution in [1.29, 1.82) is 0 Å². The van der Waals surface area contributed by atoms with Crippen LogP contribution in [0.1, 0.15) is 32.6 Å². The van der Waals surface area contributed by atoms with Gasteiger partial charge in [-0.3, -0.25) is 0 Å². The van der Waals surface area contributed by atoms with Gasteiger partial charge in [0.15, 0.2) is 0 Å². The highest BCUT2D eigenvalue weighted by molar-refractivity contribution is 5.46. The molecular formula is C17H28N2O. The molecule has 0 saturated carbocycles. The number of nitrogens with zero attached hydrogens (tertiary/aromatic N) is 1. The highest BCUT2D eigenvalue weighted by Gasteiger charge is 2.18. The van der Waals surface area contributed by atoms with E-state index in [1.165, 1.54) is 18.5 Å². The van der Waals surface area contributed by atoms with Crippen LogP contribution in [0, 0.1) is 0 Å². The molecule has 112 valence electrons. The van der Waals surface area contributed by atoms with Gasteiger partial charge in [0.25, 0.3) is 0 Å². The summed E-state index contributed by atoms with van der Waals surface area (Å²) in [5.74, 6) is 0. The fraction of sp³-hybridized carbons (Fsp3) is 0.647. The molecule has 0 radical (unpaired) electrons. The Hall–Kier alpha value is -1.06. The number of piperidine rings is 1. The van der Waals surface area contributed by atoms with Crippen LogP contribution in [0.15, 0.2) is 30.3 Å². The van der Waals surface area contributed by atoms with Crippen LogP contribution >= 0.6 is 0 Å². The fourth-order valence-electron chi connectivity index (χ4n) is 2.71. The van der Waals surface area contributed by atoms with Crippen LogP contribution in [0.5, 0.6) is 0 Å². The first-order chi connectivity index (χ1) is 9.90. The van der Waals surface area contributed by atoms with Gasteiger partial charge in [0.1, 0.15) is 0 Å². The van der Waals surface area contributed by atoms with Crippen LogP contribution in [0.4, 0.5) is 5.69 Å². The minimum absolute atomic E-state index is 0.682. The van der Waals surface area contributed by atoms with Gasteiger partial charge in [-0.05, 0) is 44.4 Å². The van der Waals surface area contributed by atoms with E-state index >= 15 is 0 Å². The smallest absolute Gasteiger partial charge is 0.0478 e. The van der Waals surface area contributed by atoms with Crippen LogP contribution in [-0.4, -0.2) is 38.9 Å². The van der Waals surface area contributed by atoms with Crippen LogP contribution in [0.3, 0.4) is 0 Å². The first kappa shape index (κ1) is 15.3. The molecule has 1 fully saturated rings. The van der Waals surface area contributed by atoms with Gasteiger partial charge in [-0.15, -0.1) is 0 Å². The molecule has 3 nitrogen and oxygen atoms in total. The SMILES string of the molecule is CCCOCCCNC1CCN(c2ccccc2)CC1. The van der Waals surface area contributed by atoms with Crippen molar-refractivity contribution in [2.24, 2.45) is 0 Å². The van der Waals surface area contributed by atoms with Gasteiger partial charge in [0.05, 0.1) is 0 Å². The van der Waals surface area contributed by atoms with Crippen molar-refractivity contribution in [3.63, 3.8) is 0 Å². The second-order valence-corrected chi connectivity index (χ2v) is 5.52. The number of rotatable bonds is 8. The number of ether oxygens (including phenoxy) is 1. The van der Waals surface area contributed by atoms with E-state index in [0.29, 0.717) is 6.04 Å². The Bertz CT molecular complexity index is 347. The molecule has 20 heavy (non-hydrogen) atoms. The van der Waals surface area contributed by atoms with E-state index in [4.69, 9.17) is 4.74 Å². The maximum Gasteiger partial charge on any atom is 0.0478 e. The van der Waals surface area contributed by atoms with Crippen LogP contribution in [0.25, 0.3) is 0 Å². The highest BCUT2D eigenvalue weighted by atomic mass is 16.5. The van der Waals surface area contributed by atoms with E-state index in [9.17, 15) is 0 Å². The Labute approximate surface area is 123 Å². The predicted octanol–water partition coefficient (Wildman–Crippen LogP) is 3.06. The monoisotopic (exact) mass is 276 g/mol. The number of hydrogen-bond acceptors (Lipinski definition) is 3. The number of para-hydroxylation sites is 1. The largest absolute Gasteiger partial charge is 0.381 e. The van der Waals surface area contributed by atoms with Gasteiger partial charge in [0, 0.05) is 38.0 Å². The summed E-state index contributed by atoms with van der Waals surface area (Å²) in [5, 5.41) is 3.66. The van der Waals surface area contributed by atoms with E-state index in [1.807, 2.05) is 0 Å². The number of anilines is 1. The normalized spacial score (nSPS) is 16.6. The first-order valence-corrected chi connectivity index (χ1v) is 8.01.